The molecule has 0 saturated heterocycles. The molecule has 25 heavy (non-hydrogen) atoms. The fourth-order valence-electron chi connectivity index (χ4n) is 2.43. The van der Waals surface area contributed by atoms with E-state index in [-0.39, 0.29) is 5.52 Å². The maximum atomic E-state index is 12.7. The van der Waals surface area contributed by atoms with Crippen LogP contribution in [0.3, 0.4) is 0 Å². The third-order valence-corrected chi connectivity index (χ3v) is 5.83. The van der Waals surface area contributed by atoms with Crippen molar-refractivity contribution in [3.8, 4) is 0 Å². The molecular formula is C16H13F3N2O2S2. The smallest absolute Gasteiger partial charge is 0.325 e. The van der Waals surface area contributed by atoms with Crippen LogP contribution in [-0.2, 0) is 16.4 Å². The molecule has 9 heteroatoms. The topological polar surface area (TPSA) is 52.0 Å². The molecule has 3 rings (SSSR count). The Morgan fingerprint density at radius 2 is 2.00 bits per heavy atom. The largest absolute Gasteiger partial charge is 0.501 e. The lowest BCUT2D eigenvalue weighted by molar-refractivity contribution is -0.0435. The maximum Gasteiger partial charge on any atom is 0.501 e. The van der Waals surface area contributed by atoms with Crippen molar-refractivity contribution in [1.82, 2.24) is 9.55 Å². The number of hydrogen-bond donors (Lipinski definition) is 0. The van der Waals surface area contributed by atoms with Crippen molar-refractivity contribution in [1.29, 1.82) is 0 Å². The standard InChI is InChI=1S/C16H13F3N2O2S2/c1-2-21-14-5-4-12(25(22,23)16(17,18)19)9-13(14)20-15(21)6-3-11-7-8-24-10-11/h3-10H,2H2,1H3. The third kappa shape index (κ3) is 3.21. The summed E-state index contributed by atoms with van der Waals surface area (Å²) < 4.78 is 63.1. The molecule has 0 spiro atoms. The number of fused-ring (bicyclic) bond motifs is 1. The van der Waals surface area contributed by atoms with E-state index in [0.717, 1.165) is 17.7 Å². The molecule has 132 valence electrons. The number of nitrogens with zero attached hydrogens (tertiary/aromatic N) is 2. The van der Waals surface area contributed by atoms with Crippen LogP contribution in [0.5, 0.6) is 0 Å². The molecule has 1 aromatic carbocycles. The van der Waals surface area contributed by atoms with Gasteiger partial charge in [0.15, 0.2) is 0 Å². The van der Waals surface area contributed by atoms with Crippen LogP contribution in [-0.4, -0.2) is 23.5 Å². The highest BCUT2D eigenvalue weighted by molar-refractivity contribution is 7.92. The van der Waals surface area contributed by atoms with Crippen molar-refractivity contribution in [3.05, 3.63) is 46.4 Å². The number of thiophene rings is 1. The normalized spacial score (nSPS) is 13.1. The Hall–Kier alpha value is -2.13. The van der Waals surface area contributed by atoms with Gasteiger partial charge < -0.3 is 4.57 Å². The minimum Gasteiger partial charge on any atom is -0.325 e. The van der Waals surface area contributed by atoms with Crippen LogP contribution < -0.4 is 0 Å². The zero-order chi connectivity index (χ0) is 18.2. The summed E-state index contributed by atoms with van der Waals surface area (Å²) in [6.45, 7) is 2.43. The molecule has 0 N–H and O–H groups in total. The molecule has 0 unspecified atom stereocenters. The first-order chi connectivity index (χ1) is 11.7. The van der Waals surface area contributed by atoms with Crippen LogP contribution in [0.15, 0.2) is 39.9 Å². The van der Waals surface area contributed by atoms with Crippen LogP contribution in [0, 0.1) is 0 Å². The molecule has 2 aromatic heterocycles. The Morgan fingerprint density at radius 1 is 1.24 bits per heavy atom. The molecular weight excluding hydrogens is 373 g/mol. The Kier molecular flexibility index (Phi) is 4.46. The van der Waals surface area contributed by atoms with E-state index >= 15 is 0 Å². The Balaban J connectivity index is 2.10. The van der Waals surface area contributed by atoms with Gasteiger partial charge >= 0.3 is 5.51 Å². The summed E-state index contributed by atoms with van der Waals surface area (Å²) in [5, 5.41) is 3.88. The first kappa shape index (κ1) is 17.7. The van der Waals surface area contributed by atoms with E-state index in [0.29, 0.717) is 17.9 Å². The molecule has 0 bridgehead atoms. The lowest BCUT2D eigenvalue weighted by Gasteiger charge is -2.08. The van der Waals surface area contributed by atoms with E-state index in [9.17, 15) is 21.6 Å². The number of sulfone groups is 1. The van der Waals surface area contributed by atoms with Crippen molar-refractivity contribution >= 4 is 44.4 Å². The number of rotatable bonds is 4. The highest BCUT2D eigenvalue weighted by Crippen LogP contribution is 2.32. The second-order valence-electron chi connectivity index (χ2n) is 5.20. The number of halogens is 3. The van der Waals surface area contributed by atoms with Gasteiger partial charge in [0.1, 0.15) is 5.82 Å². The summed E-state index contributed by atoms with van der Waals surface area (Å²) in [4.78, 5) is 3.48. The molecule has 0 radical (unpaired) electrons. The molecule has 3 aromatic rings. The van der Waals surface area contributed by atoms with Gasteiger partial charge in [-0.05, 0) is 53.6 Å². The average molecular weight is 386 g/mol. The van der Waals surface area contributed by atoms with Crippen molar-refractivity contribution < 1.29 is 21.6 Å². The van der Waals surface area contributed by atoms with Gasteiger partial charge in [-0.2, -0.15) is 24.5 Å². The van der Waals surface area contributed by atoms with Gasteiger partial charge in [-0.15, -0.1) is 0 Å². The highest BCUT2D eigenvalue weighted by atomic mass is 32.2. The Morgan fingerprint density at radius 3 is 2.60 bits per heavy atom. The van der Waals surface area contributed by atoms with Crippen LogP contribution in [0.4, 0.5) is 13.2 Å². The van der Waals surface area contributed by atoms with E-state index in [4.69, 9.17) is 0 Å². The SMILES string of the molecule is CCn1c(C=Cc2ccsc2)nc2cc(S(=O)(=O)C(F)(F)F)ccc21. The molecule has 0 saturated carbocycles. The van der Waals surface area contributed by atoms with E-state index in [1.807, 2.05) is 34.4 Å². The second-order valence-corrected chi connectivity index (χ2v) is 7.93. The monoisotopic (exact) mass is 386 g/mol. The molecule has 0 aliphatic rings. The number of benzene rings is 1. The quantitative estimate of drug-likeness (QED) is 0.659. The number of imidazole rings is 1. The molecule has 0 fully saturated rings. The fourth-order valence-corrected chi connectivity index (χ4v) is 3.84. The summed E-state index contributed by atoms with van der Waals surface area (Å²) in [6, 6.07) is 5.21. The Bertz CT molecular complexity index is 1030. The summed E-state index contributed by atoms with van der Waals surface area (Å²) in [7, 11) is -5.39. The fraction of sp³-hybridized carbons (Fsp3) is 0.188. The zero-order valence-corrected chi connectivity index (χ0v) is 14.6. The van der Waals surface area contributed by atoms with Gasteiger partial charge in [0.05, 0.1) is 15.9 Å². The summed E-state index contributed by atoms with van der Waals surface area (Å²) in [5.41, 5.74) is -3.57. The lowest BCUT2D eigenvalue weighted by Crippen LogP contribution is -2.23. The molecule has 0 aliphatic heterocycles. The number of hydrogen-bond acceptors (Lipinski definition) is 4. The van der Waals surface area contributed by atoms with Crippen LogP contribution in [0.1, 0.15) is 18.3 Å². The third-order valence-electron chi connectivity index (χ3n) is 3.65. The molecule has 2 heterocycles. The summed E-state index contributed by atoms with van der Waals surface area (Å²) >= 11 is 1.54. The summed E-state index contributed by atoms with van der Waals surface area (Å²) in [5.74, 6) is 0.547. The van der Waals surface area contributed by atoms with Crippen molar-refractivity contribution in [3.63, 3.8) is 0 Å². The van der Waals surface area contributed by atoms with E-state index in [2.05, 4.69) is 4.98 Å². The average Bonchev–Trinajstić information content (AvgIpc) is 3.17. The summed E-state index contributed by atoms with van der Waals surface area (Å²) in [6.07, 6.45) is 3.60. The number of alkyl halides is 3. The van der Waals surface area contributed by atoms with Gasteiger partial charge in [-0.1, -0.05) is 6.08 Å². The first-order valence-electron chi connectivity index (χ1n) is 7.26. The van der Waals surface area contributed by atoms with Crippen molar-refractivity contribution in [2.75, 3.05) is 0 Å². The van der Waals surface area contributed by atoms with Gasteiger partial charge in [-0.3, -0.25) is 0 Å². The molecule has 0 amide bonds. The van der Waals surface area contributed by atoms with Crippen molar-refractivity contribution in [2.45, 2.75) is 23.9 Å². The van der Waals surface area contributed by atoms with E-state index in [1.54, 1.807) is 17.4 Å². The number of aryl methyl sites for hydroxylation is 1. The Labute approximate surface area is 146 Å². The van der Waals surface area contributed by atoms with E-state index in [1.165, 1.54) is 6.07 Å². The van der Waals surface area contributed by atoms with Gasteiger partial charge in [0.25, 0.3) is 9.84 Å². The second kappa shape index (κ2) is 6.30. The van der Waals surface area contributed by atoms with Gasteiger partial charge in [0.2, 0.25) is 0 Å². The maximum absolute atomic E-state index is 12.7. The van der Waals surface area contributed by atoms with Crippen LogP contribution >= 0.6 is 11.3 Å². The highest BCUT2D eigenvalue weighted by Gasteiger charge is 2.47. The minimum absolute atomic E-state index is 0.206. The molecule has 0 aliphatic carbocycles. The predicted octanol–water partition coefficient (Wildman–Crippen LogP) is 4.58. The van der Waals surface area contributed by atoms with Gasteiger partial charge in [0, 0.05) is 6.54 Å². The lowest BCUT2D eigenvalue weighted by atomic mass is 10.3. The number of aromatic nitrogens is 2. The van der Waals surface area contributed by atoms with Gasteiger partial charge in [-0.25, -0.2) is 13.4 Å². The molecule has 0 atom stereocenters. The molecule has 4 nitrogen and oxygen atoms in total. The minimum atomic E-state index is -5.39. The van der Waals surface area contributed by atoms with Crippen LogP contribution in [0.25, 0.3) is 23.2 Å². The van der Waals surface area contributed by atoms with E-state index < -0.39 is 20.2 Å². The predicted molar refractivity (Wildman–Crippen MR) is 91.9 cm³/mol. The zero-order valence-electron chi connectivity index (χ0n) is 13.0. The van der Waals surface area contributed by atoms with Crippen molar-refractivity contribution in [2.24, 2.45) is 0 Å². The van der Waals surface area contributed by atoms with Crippen LogP contribution in [0.2, 0.25) is 0 Å². The first-order valence-corrected chi connectivity index (χ1v) is 9.68.